The third kappa shape index (κ3) is 8.75. The third-order valence-corrected chi connectivity index (χ3v) is 4.54. The second kappa shape index (κ2) is 11.6. The summed E-state index contributed by atoms with van der Waals surface area (Å²) >= 11 is 0. The lowest BCUT2D eigenvalue weighted by atomic mass is 9.97. The molecule has 2 rings (SSSR count). The summed E-state index contributed by atoms with van der Waals surface area (Å²) < 4.78 is 12.9. The van der Waals surface area contributed by atoms with E-state index in [4.69, 9.17) is 9.47 Å². The smallest absolute Gasteiger partial charge is 0.316 e. The highest BCUT2D eigenvalue weighted by molar-refractivity contribution is 5.93. The zero-order valence-corrected chi connectivity index (χ0v) is 22.5. The Hall–Kier alpha value is -2.49. The summed E-state index contributed by atoms with van der Waals surface area (Å²) in [6.07, 6.45) is 4.11. The number of hydrogen-bond acceptors (Lipinski definition) is 5. The molecule has 180 valence electrons. The number of carbonyl (C=O) groups excluding carboxylic acids is 3. The Labute approximate surface area is 212 Å². The van der Waals surface area contributed by atoms with Crippen LogP contribution in [-0.4, -0.2) is 24.4 Å². The number of aromatic nitrogens is 1. The molecule has 0 spiro atoms. The summed E-state index contributed by atoms with van der Waals surface area (Å²) in [6.45, 7) is 10.9. The van der Waals surface area contributed by atoms with E-state index in [1.165, 1.54) is 0 Å². The minimum Gasteiger partial charge on any atom is -1.00 e. The van der Waals surface area contributed by atoms with Gasteiger partial charge in [-0.3, -0.25) is 14.4 Å². The van der Waals surface area contributed by atoms with E-state index in [9.17, 15) is 14.4 Å². The molecule has 8 heteroatoms. The van der Waals surface area contributed by atoms with Crippen LogP contribution in [0.5, 0.6) is 11.5 Å². The van der Waals surface area contributed by atoms with Crippen LogP contribution in [-0.2, 0) is 23.1 Å². The van der Waals surface area contributed by atoms with Crippen molar-refractivity contribution in [3.8, 4) is 11.5 Å². The van der Waals surface area contributed by atoms with E-state index in [0.717, 1.165) is 5.56 Å². The highest BCUT2D eigenvalue weighted by atomic mass is 127. The molecule has 7 nitrogen and oxygen atoms in total. The van der Waals surface area contributed by atoms with Gasteiger partial charge in [-0.05, 0) is 71.7 Å². The lowest BCUT2D eigenvalue weighted by molar-refractivity contribution is -0.671. The van der Waals surface area contributed by atoms with Gasteiger partial charge in [-0.1, -0.05) is 6.07 Å². The Morgan fingerprint density at radius 2 is 1.48 bits per heavy atom. The molecule has 0 aliphatic rings. The van der Waals surface area contributed by atoms with E-state index in [-0.39, 0.29) is 41.4 Å². The standard InChI is InChI=1S/C25H32N2O5.HI/c1-24(2,3)22(29)31-19-11-10-17(15-20(19)32-23(30)25(4,5)6)12-13-26-21(28)18-9-8-14-27(7)16-18;/h8-11,14-16H,12-13H2,1-7H3;1H. The van der Waals surface area contributed by atoms with Crippen LogP contribution < -0.4 is 43.3 Å². The molecule has 0 atom stereocenters. The van der Waals surface area contributed by atoms with Crippen molar-refractivity contribution in [2.24, 2.45) is 17.9 Å². The molecule has 0 aliphatic carbocycles. The number of nitrogens with one attached hydrogen (secondary N) is 1. The maximum absolute atomic E-state index is 12.4. The highest BCUT2D eigenvalue weighted by Gasteiger charge is 2.28. The topological polar surface area (TPSA) is 85.6 Å². The van der Waals surface area contributed by atoms with Gasteiger partial charge in [0.05, 0.1) is 10.8 Å². The molecular weight excluding hydrogens is 535 g/mol. The number of hydrogen-bond donors (Lipinski definition) is 1. The van der Waals surface area contributed by atoms with Crippen LogP contribution >= 0.6 is 0 Å². The normalized spacial score (nSPS) is 11.2. The number of amides is 1. The first-order chi connectivity index (χ1) is 14.8. The van der Waals surface area contributed by atoms with Gasteiger partial charge in [-0.15, -0.1) is 0 Å². The average Bonchev–Trinajstić information content (AvgIpc) is 2.68. The third-order valence-electron chi connectivity index (χ3n) is 4.54. The number of nitrogens with zero attached hydrogens (tertiary/aromatic N) is 1. The molecule has 33 heavy (non-hydrogen) atoms. The number of carbonyl (C=O) groups is 3. The van der Waals surface area contributed by atoms with Crippen molar-refractivity contribution in [2.45, 2.75) is 48.0 Å². The van der Waals surface area contributed by atoms with E-state index in [2.05, 4.69) is 5.32 Å². The molecule has 1 amide bonds. The fourth-order valence-corrected chi connectivity index (χ4v) is 2.52. The second-order valence-electron chi connectivity index (χ2n) is 9.82. The quantitative estimate of drug-likeness (QED) is 0.236. The predicted molar refractivity (Wildman–Crippen MR) is 120 cm³/mol. The number of ether oxygens (including phenoxy) is 2. The van der Waals surface area contributed by atoms with E-state index in [0.29, 0.717) is 18.5 Å². The zero-order chi connectivity index (χ0) is 24.1. The van der Waals surface area contributed by atoms with Crippen molar-refractivity contribution in [3.05, 3.63) is 53.9 Å². The first-order valence-corrected chi connectivity index (χ1v) is 10.6. The van der Waals surface area contributed by atoms with Gasteiger partial charge in [0.25, 0.3) is 5.91 Å². The Bertz CT molecular complexity index is 1010. The number of esters is 2. The number of rotatable bonds is 6. The second-order valence-corrected chi connectivity index (χ2v) is 9.82. The van der Waals surface area contributed by atoms with Crippen LogP contribution in [0.15, 0.2) is 42.7 Å². The van der Waals surface area contributed by atoms with Gasteiger partial charge < -0.3 is 38.8 Å². The largest absolute Gasteiger partial charge is 1.00 e. The van der Waals surface area contributed by atoms with Gasteiger partial charge in [0.1, 0.15) is 12.6 Å². The maximum Gasteiger partial charge on any atom is 0.316 e. The Morgan fingerprint density at radius 3 is 2.03 bits per heavy atom. The van der Waals surface area contributed by atoms with Crippen molar-refractivity contribution in [3.63, 3.8) is 0 Å². The van der Waals surface area contributed by atoms with Gasteiger partial charge in [0.2, 0.25) is 0 Å². The fourth-order valence-electron chi connectivity index (χ4n) is 2.52. The van der Waals surface area contributed by atoms with Crippen LogP contribution in [0.1, 0.15) is 57.5 Å². The van der Waals surface area contributed by atoms with Gasteiger partial charge in [-0.25, -0.2) is 4.57 Å². The first kappa shape index (κ1) is 28.5. The Balaban J connectivity index is 0.00000544. The minimum absolute atomic E-state index is 0. The van der Waals surface area contributed by atoms with Gasteiger partial charge in [-0.2, -0.15) is 0 Å². The van der Waals surface area contributed by atoms with Crippen molar-refractivity contribution in [1.29, 1.82) is 0 Å². The van der Waals surface area contributed by atoms with E-state index in [1.54, 1.807) is 72.0 Å². The lowest BCUT2D eigenvalue weighted by Crippen LogP contribution is -3.00. The van der Waals surface area contributed by atoms with Gasteiger partial charge in [0.15, 0.2) is 23.9 Å². The summed E-state index contributed by atoms with van der Waals surface area (Å²) in [4.78, 5) is 37.1. The maximum atomic E-state index is 12.4. The van der Waals surface area contributed by atoms with Crippen LogP contribution in [0.4, 0.5) is 0 Å². The van der Waals surface area contributed by atoms with Gasteiger partial charge in [0, 0.05) is 12.6 Å². The number of pyridine rings is 1. The molecular formula is C25H33IN2O5. The fraction of sp³-hybridized carbons (Fsp3) is 0.440. The zero-order valence-electron chi connectivity index (χ0n) is 20.3. The molecule has 0 unspecified atom stereocenters. The van der Waals surface area contributed by atoms with Crippen LogP contribution in [0.2, 0.25) is 0 Å². The highest BCUT2D eigenvalue weighted by Crippen LogP contribution is 2.32. The summed E-state index contributed by atoms with van der Waals surface area (Å²) in [7, 11) is 1.85. The van der Waals surface area contributed by atoms with Crippen LogP contribution in [0.25, 0.3) is 0 Å². The first-order valence-electron chi connectivity index (χ1n) is 10.6. The van der Waals surface area contributed by atoms with Crippen molar-refractivity contribution in [1.82, 2.24) is 5.32 Å². The van der Waals surface area contributed by atoms with E-state index < -0.39 is 22.8 Å². The Kier molecular flexibility index (Phi) is 10.0. The van der Waals surface area contributed by atoms with E-state index >= 15 is 0 Å². The summed E-state index contributed by atoms with van der Waals surface area (Å²) in [5, 5.41) is 2.88. The van der Waals surface area contributed by atoms with Crippen molar-refractivity contribution in [2.75, 3.05) is 6.54 Å². The summed E-state index contributed by atoms with van der Waals surface area (Å²) in [6, 6.07) is 8.63. The molecule has 1 aromatic heterocycles. The molecule has 0 saturated heterocycles. The molecule has 2 aromatic rings. The van der Waals surface area contributed by atoms with Crippen LogP contribution in [0.3, 0.4) is 0 Å². The minimum atomic E-state index is -0.721. The number of halogens is 1. The number of benzene rings is 1. The lowest BCUT2D eigenvalue weighted by Gasteiger charge is -2.21. The predicted octanol–water partition coefficient (Wildman–Crippen LogP) is 0.391. The van der Waals surface area contributed by atoms with Crippen molar-refractivity contribution >= 4 is 17.8 Å². The molecule has 0 aliphatic heterocycles. The SMILES string of the molecule is C[n+]1cccc(C(=O)NCCc2ccc(OC(=O)C(C)(C)C)c(OC(=O)C(C)(C)C)c2)c1.[I-]. The summed E-state index contributed by atoms with van der Waals surface area (Å²) in [5.74, 6) is -0.667. The van der Waals surface area contributed by atoms with Gasteiger partial charge >= 0.3 is 11.9 Å². The molecule has 1 heterocycles. The molecule has 0 radical (unpaired) electrons. The van der Waals surface area contributed by atoms with E-state index in [1.807, 2.05) is 23.9 Å². The number of aryl methyl sites for hydroxylation is 1. The summed E-state index contributed by atoms with van der Waals surface area (Å²) in [5.41, 5.74) is -0.0286. The average molecular weight is 568 g/mol. The molecule has 1 aromatic carbocycles. The molecule has 1 N–H and O–H groups in total. The molecule has 0 fully saturated rings. The van der Waals surface area contributed by atoms with Crippen LogP contribution in [0, 0.1) is 10.8 Å². The molecule has 0 bridgehead atoms. The van der Waals surface area contributed by atoms with Crippen molar-refractivity contribution < 1.29 is 52.4 Å². The Morgan fingerprint density at radius 1 is 0.909 bits per heavy atom. The molecule has 0 saturated carbocycles. The monoisotopic (exact) mass is 568 g/mol.